The number of aliphatic hydroxyl groups is 2. The van der Waals surface area contributed by atoms with E-state index in [1.54, 1.807) is 0 Å². The van der Waals surface area contributed by atoms with E-state index >= 15 is 0 Å². The lowest BCUT2D eigenvalue weighted by atomic mass is 10.1. The summed E-state index contributed by atoms with van der Waals surface area (Å²) in [6.45, 7) is 4.94. The van der Waals surface area contributed by atoms with Crippen LogP contribution in [-0.2, 0) is 0 Å². The third-order valence-electron chi connectivity index (χ3n) is 4.95. The van der Waals surface area contributed by atoms with Crippen LogP contribution in [0.15, 0.2) is 36.4 Å². The van der Waals surface area contributed by atoms with Gasteiger partial charge < -0.3 is 19.7 Å². The third kappa shape index (κ3) is 8.07. The van der Waals surface area contributed by atoms with Crippen LogP contribution in [0, 0.1) is 0 Å². The van der Waals surface area contributed by atoms with Gasteiger partial charge in [0.15, 0.2) is 0 Å². The molecule has 0 aliphatic heterocycles. The van der Waals surface area contributed by atoms with E-state index < -0.39 is 12.2 Å². The lowest BCUT2D eigenvalue weighted by molar-refractivity contribution is 0.0976. The van der Waals surface area contributed by atoms with Crippen LogP contribution < -0.4 is 9.47 Å². The van der Waals surface area contributed by atoms with Gasteiger partial charge in [0, 0.05) is 0 Å². The van der Waals surface area contributed by atoms with Crippen molar-refractivity contribution < 1.29 is 19.7 Å². The first kappa shape index (κ1) is 22.5. The van der Waals surface area contributed by atoms with Gasteiger partial charge in [0.1, 0.15) is 24.7 Å². The number of hydrogen-bond donors (Lipinski definition) is 2. The van der Waals surface area contributed by atoms with Crippen molar-refractivity contribution >= 4 is 10.8 Å². The fourth-order valence-electron chi connectivity index (χ4n) is 3.19. The zero-order chi connectivity index (χ0) is 20.2. The number of fused-ring (bicyclic) bond motifs is 1. The molecule has 4 nitrogen and oxygen atoms in total. The maximum atomic E-state index is 10.0. The molecule has 0 aliphatic rings. The summed E-state index contributed by atoms with van der Waals surface area (Å²) in [5.74, 6) is 1.50. The standard InChI is InChI=1S/C24H36O4/c1-3-5-7-9-21(25)17-27-23-13-11-19-12-14-24(16-20(19)15-23)28-18-22(26)10-8-6-4-2/h11-16,21-22,25-26H,3-10,17-18H2,1-2H3. The molecule has 2 atom stereocenters. The summed E-state index contributed by atoms with van der Waals surface area (Å²) in [6.07, 6.45) is 7.36. The summed E-state index contributed by atoms with van der Waals surface area (Å²) in [5, 5.41) is 22.2. The van der Waals surface area contributed by atoms with Gasteiger partial charge in [-0.1, -0.05) is 64.5 Å². The zero-order valence-corrected chi connectivity index (χ0v) is 17.4. The molecule has 0 spiro atoms. The summed E-state index contributed by atoms with van der Waals surface area (Å²) >= 11 is 0. The van der Waals surface area contributed by atoms with Crippen LogP contribution in [0.25, 0.3) is 10.8 Å². The van der Waals surface area contributed by atoms with Crippen molar-refractivity contribution in [2.45, 2.75) is 77.4 Å². The number of benzene rings is 2. The van der Waals surface area contributed by atoms with Gasteiger partial charge in [0.25, 0.3) is 0 Å². The van der Waals surface area contributed by atoms with Crippen molar-refractivity contribution in [3.8, 4) is 11.5 Å². The Kier molecular flexibility index (Phi) is 10.2. The fraction of sp³-hybridized carbons (Fsp3) is 0.583. The topological polar surface area (TPSA) is 58.9 Å². The Morgan fingerprint density at radius 1 is 0.679 bits per heavy atom. The van der Waals surface area contributed by atoms with Gasteiger partial charge in [-0.25, -0.2) is 0 Å². The van der Waals surface area contributed by atoms with E-state index in [-0.39, 0.29) is 0 Å². The smallest absolute Gasteiger partial charge is 0.120 e. The molecular formula is C24H36O4. The van der Waals surface area contributed by atoms with Crippen molar-refractivity contribution in [1.29, 1.82) is 0 Å². The van der Waals surface area contributed by atoms with E-state index in [4.69, 9.17) is 9.47 Å². The molecule has 2 unspecified atom stereocenters. The van der Waals surface area contributed by atoms with Crippen molar-refractivity contribution in [1.82, 2.24) is 0 Å². The van der Waals surface area contributed by atoms with Crippen molar-refractivity contribution in [3.63, 3.8) is 0 Å². The second-order valence-corrected chi connectivity index (χ2v) is 7.59. The van der Waals surface area contributed by atoms with E-state index in [2.05, 4.69) is 13.8 Å². The number of hydrogen-bond acceptors (Lipinski definition) is 4. The molecule has 2 rings (SSSR count). The van der Waals surface area contributed by atoms with Gasteiger partial charge in [-0.15, -0.1) is 0 Å². The SMILES string of the molecule is CCCCCC(O)COc1ccc2ccc(OCC(O)CCCCC)cc2c1. The summed E-state index contributed by atoms with van der Waals surface area (Å²) in [5.41, 5.74) is 0. The molecule has 2 aromatic carbocycles. The van der Waals surface area contributed by atoms with Crippen LogP contribution in [0.1, 0.15) is 65.2 Å². The zero-order valence-electron chi connectivity index (χ0n) is 17.4. The van der Waals surface area contributed by atoms with Crippen LogP contribution in [0.5, 0.6) is 11.5 Å². The van der Waals surface area contributed by atoms with E-state index in [1.165, 1.54) is 0 Å². The highest BCUT2D eigenvalue weighted by atomic mass is 16.5. The predicted octanol–water partition coefficient (Wildman–Crippen LogP) is 5.48. The first-order chi connectivity index (χ1) is 13.6. The van der Waals surface area contributed by atoms with Gasteiger partial charge in [-0.3, -0.25) is 0 Å². The summed E-state index contributed by atoms with van der Waals surface area (Å²) in [7, 11) is 0. The number of ether oxygens (including phenoxy) is 2. The maximum absolute atomic E-state index is 10.0. The molecule has 4 heteroatoms. The normalized spacial score (nSPS) is 13.4. The predicted molar refractivity (Wildman–Crippen MR) is 115 cm³/mol. The molecule has 156 valence electrons. The first-order valence-electron chi connectivity index (χ1n) is 10.8. The van der Waals surface area contributed by atoms with E-state index in [0.29, 0.717) is 13.2 Å². The Balaban J connectivity index is 1.87. The van der Waals surface area contributed by atoms with E-state index in [9.17, 15) is 10.2 Å². The van der Waals surface area contributed by atoms with Crippen LogP contribution in [0.4, 0.5) is 0 Å². The van der Waals surface area contributed by atoms with Gasteiger partial charge in [-0.2, -0.15) is 0 Å². The lowest BCUT2D eigenvalue weighted by Crippen LogP contribution is -2.17. The fourth-order valence-corrected chi connectivity index (χ4v) is 3.19. The Morgan fingerprint density at radius 3 is 1.57 bits per heavy atom. The van der Waals surface area contributed by atoms with Crippen LogP contribution in [0.3, 0.4) is 0 Å². The van der Waals surface area contributed by atoms with Crippen molar-refractivity contribution in [3.05, 3.63) is 36.4 Å². The average molecular weight is 389 g/mol. The quantitative estimate of drug-likeness (QED) is 0.421. The molecule has 2 N–H and O–H groups in total. The molecular weight excluding hydrogens is 352 g/mol. The minimum Gasteiger partial charge on any atom is -0.491 e. The molecule has 0 aliphatic carbocycles. The second kappa shape index (κ2) is 12.6. The molecule has 0 fully saturated rings. The van der Waals surface area contributed by atoms with Gasteiger partial charge in [0.2, 0.25) is 0 Å². The minimum atomic E-state index is -0.425. The Hall–Kier alpha value is -1.78. The first-order valence-corrected chi connectivity index (χ1v) is 10.8. The molecule has 0 amide bonds. The largest absolute Gasteiger partial charge is 0.491 e. The number of rotatable bonds is 14. The van der Waals surface area contributed by atoms with Crippen LogP contribution >= 0.6 is 0 Å². The van der Waals surface area contributed by atoms with Crippen LogP contribution in [-0.4, -0.2) is 35.6 Å². The van der Waals surface area contributed by atoms with Gasteiger partial charge >= 0.3 is 0 Å². The Bertz CT molecular complexity index is 631. The number of aliphatic hydroxyl groups excluding tert-OH is 2. The second-order valence-electron chi connectivity index (χ2n) is 7.59. The lowest BCUT2D eigenvalue weighted by Gasteiger charge is -2.14. The third-order valence-corrected chi connectivity index (χ3v) is 4.95. The average Bonchev–Trinajstić information content (AvgIpc) is 2.70. The van der Waals surface area contributed by atoms with Crippen molar-refractivity contribution in [2.75, 3.05) is 13.2 Å². The molecule has 0 saturated heterocycles. The van der Waals surface area contributed by atoms with E-state index in [0.717, 1.165) is 73.6 Å². The molecule has 0 heterocycles. The van der Waals surface area contributed by atoms with Crippen LogP contribution in [0.2, 0.25) is 0 Å². The van der Waals surface area contributed by atoms with Gasteiger partial charge in [-0.05, 0) is 47.9 Å². The highest BCUT2D eigenvalue weighted by Crippen LogP contribution is 2.25. The molecule has 0 bridgehead atoms. The molecule has 0 aromatic heterocycles. The van der Waals surface area contributed by atoms with E-state index in [1.807, 2.05) is 36.4 Å². The highest BCUT2D eigenvalue weighted by molar-refractivity contribution is 5.85. The monoisotopic (exact) mass is 388 g/mol. The summed E-state index contributed by atoms with van der Waals surface area (Å²) in [6, 6.07) is 11.8. The molecule has 2 aromatic rings. The highest BCUT2D eigenvalue weighted by Gasteiger charge is 2.08. The molecule has 0 saturated carbocycles. The summed E-state index contributed by atoms with van der Waals surface area (Å²) < 4.78 is 11.5. The maximum Gasteiger partial charge on any atom is 0.120 e. The molecule has 28 heavy (non-hydrogen) atoms. The van der Waals surface area contributed by atoms with Crippen molar-refractivity contribution in [2.24, 2.45) is 0 Å². The number of unbranched alkanes of at least 4 members (excludes halogenated alkanes) is 4. The Morgan fingerprint density at radius 2 is 1.14 bits per heavy atom. The summed E-state index contributed by atoms with van der Waals surface area (Å²) in [4.78, 5) is 0. The Labute approximate surface area is 169 Å². The molecule has 0 radical (unpaired) electrons. The minimum absolute atomic E-state index is 0.315. The van der Waals surface area contributed by atoms with Gasteiger partial charge in [0.05, 0.1) is 12.2 Å².